The minimum absolute atomic E-state index is 0.0595. The lowest BCUT2D eigenvalue weighted by Gasteiger charge is -2.16. The van der Waals surface area contributed by atoms with Gasteiger partial charge in [0.05, 0.1) is 17.1 Å². The molecule has 1 heterocycles. The lowest BCUT2D eigenvalue weighted by molar-refractivity contribution is -0.129. The molecule has 102 valence electrons. The Kier molecular flexibility index (Phi) is 5.28. The van der Waals surface area contributed by atoms with Crippen molar-refractivity contribution < 1.29 is 4.79 Å². The van der Waals surface area contributed by atoms with Crippen molar-refractivity contribution in [2.24, 2.45) is 0 Å². The Balaban J connectivity index is 2.57. The molecule has 1 rings (SSSR count). The van der Waals surface area contributed by atoms with E-state index in [1.165, 1.54) is 0 Å². The highest BCUT2D eigenvalue weighted by Gasteiger charge is 2.19. The third-order valence-electron chi connectivity index (χ3n) is 2.65. The van der Waals surface area contributed by atoms with E-state index in [1.54, 1.807) is 16.2 Å². The second-order valence-electron chi connectivity index (χ2n) is 5.49. The second kappa shape index (κ2) is 6.29. The first-order valence-electron chi connectivity index (χ1n) is 6.18. The van der Waals surface area contributed by atoms with Gasteiger partial charge < -0.3 is 10.2 Å². The molecule has 0 aliphatic heterocycles. The fraction of sp³-hybridized carbons (Fsp3) is 0.692. The van der Waals surface area contributed by atoms with Gasteiger partial charge in [-0.15, -0.1) is 11.3 Å². The van der Waals surface area contributed by atoms with E-state index >= 15 is 0 Å². The van der Waals surface area contributed by atoms with E-state index in [4.69, 9.17) is 0 Å². The van der Waals surface area contributed by atoms with Crippen LogP contribution in [-0.2, 0) is 16.6 Å². The van der Waals surface area contributed by atoms with Gasteiger partial charge in [-0.05, 0) is 7.05 Å². The smallest absolute Gasteiger partial charge is 0.228 e. The number of rotatable bonds is 5. The fourth-order valence-electron chi connectivity index (χ4n) is 1.43. The maximum absolute atomic E-state index is 11.9. The molecule has 18 heavy (non-hydrogen) atoms. The fourth-order valence-corrected chi connectivity index (χ4v) is 2.33. The van der Waals surface area contributed by atoms with E-state index in [9.17, 15) is 4.79 Å². The van der Waals surface area contributed by atoms with Gasteiger partial charge in [0.2, 0.25) is 5.91 Å². The number of nitrogens with zero attached hydrogens (tertiary/aromatic N) is 2. The predicted octanol–water partition coefficient (Wildman–Crippen LogP) is 1.66. The first kappa shape index (κ1) is 15.1. The Morgan fingerprint density at radius 3 is 2.67 bits per heavy atom. The summed E-state index contributed by atoms with van der Waals surface area (Å²) in [5.74, 6) is 0.121. The maximum Gasteiger partial charge on any atom is 0.228 e. The molecule has 0 fully saturated rings. The average Bonchev–Trinajstić information content (AvgIpc) is 2.73. The molecule has 0 radical (unpaired) electrons. The molecule has 1 N–H and O–H groups in total. The van der Waals surface area contributed by atoms with E-state index < -0.39 is 0 Å². The standard InChI is InChI=1S/C13H23N3OS/c1-13(2,3)12-15-10(9-18-12)8-11(17)16(5)7-6-14-4/h9,14H,6-8H2,1-5H3. The number of hydrogen-bond donors (Lipinski definition) is 1. The number of amides is 1. The summed E-state index contributed by atoms with van der Waals surface area (Å²) in [5, 5.41) is 6.11. The summed E-state index contributed by atoms with van der Waals surface area (Å²) in [7, 11) is 3.71. The molecule has 0 aliphatic rings. The third kappa shape index (κ3) is 4.38. The summed E-state index contributed by atoms with van der Waals surface area (Å²) in [4.78, 5) is 18.2. The minimum atomic E-state index is 0.0595. The number of carbonyl (C=O) groups excluding carboxylic acids is 1. The molecular weight excluding hydrogens is 246 g/mol. The van der Waals surface area contributed by atoms with E-state index in [-0.39, 0.29) is 11.3 Å². The van der Waals surface area contributed by atoms with Gasteiger partial charge in [0.25, 0.3) is 0 Å². The predicted molar refractivity (Wildman–Crippen MR) is 76.1 cm³/mol. The highest BCUT2D eigenvalue weighted by Crippen LogP contribution is 2.25. The number of thiazole rings is 1. The van der Waals surface area contributed by atoms with E-state index in [2.05, 4.69) is 31.1 Å². The molecule has 0 spiro atoms. The highest BCUT2D eigenvalue weighted by molar-refractivity contribution is 7.09. The van der Waals surface area contributed by atoms with Crippen molar-refractivity contribution in [3.05, 3.63) is 16.1 Å². The Morgan fingerprint density at radius 1 is 1.50 bits per heavy atom. The topological polar surface area (TPSA) is 45.2 Å². The molecule has 4 nitrogen and oxygen atoms in total. The summed E-state index contributed by atoms with van der Waals surface area (Å²) in [5.41, 5.74) is 0.940. The number of carbonyl (C=O) groups is 1. The summed E-state index contributed by atoms with van der Waals surface area (Å²) in [6, 6.07) is 0. The van der Waals surface area contributed by atoms with Gasteiger partial charge in [-0.25, -0.2) is 4.98 Å². The van der Waals surface area contributed by atoms with Gasteiger partial charge in [0, 0.05) is 30.9 Å². The number of likely N-dealkylation sites (N-methyl/N-ethyl adjacent to an activating group) is 2. The molecule has 1 aromatic heterocycles. The minimum Gasteiger partial charge on any atom is -0.344 e. The number of aromatic nitrogens is 1. The quantitative estimate of drug-likeness (QED) is 0.884. The molecule has 0 aliphatic carbocycles. The van der Waals surface area contributed by atoms with Crippen LogP contribution in [0, 0.1) is 0 Å². The largest absolute Gasteiger partial charge is 0.344 e. The van der Waals surface area contributed by atoms with Gasteiger partial charge in [-0.3, -0.25) is 4.79 Å². The molecule has 1 aromatic rings. The van der Waals surface area contributed by atoms with Crippen LogP contribution in [0.4, 0.5) is 0 Å². The first-order valence-corrected chi connectivity index (χ1v) is 7.06. The highest BCUT2D eigenvalue weighted by atomic mass is 32.1. The lowest BCUT2D eigenvalue weighted by atomic mass is 9.98. The van der Waals surface area contributed by atoms with E-state index in [1.807, 2.05) is 19.5 Å². The number of nitrogens with one attached hydrogen (secondary N) is 1. The number of hydrogen-bond acceptors (Lipinski definition) is 4. The van der Waals surface area contributed by atoms with Crippen LogP contribution < -0.4 is 5.32 Å². The summed E-state index contributed by atoms with van der Waals surface area (Å²) < 4.78 is 0. The van der Waals surface area contributed by atoms with Gasteiger partial charge in [0.15, 0.2) is 0 Å². The summed E-state index contributed by atoms with van der Waals surface area (Å²) in [6.45, 7) is 7.95. The molecule has 0 atom stereocenters. The average molecular weight is 269 g/mol. The van der Waals surface area contributed by atoms with Crippen molar-refractivity contribution in [2.75, 3.05) is 27.2 Å². The Hall–Kier alpha value is -0.940. The van der Waals surface area contributed by atoms with Crippen LogP contribution in [0.15, 0.2) is 5.38 Å². The zero-order valence-electron chi connectivity index (χ0n) is 11.9. The van der Waals surface area contributed by atoms with E-state index in [0.29, 0.717) is 6.42 Å². The van der Waals surface area contributed by atoms with Crippen LogP contribution in [-0.4, -0.2) is 43.0 Å². The van der Waals surface area contributed by atoms with Crippen molar-refractivity contribution >= 4 is 17.2 Å². The van der Waals surface area contributed by atoms with Crippen LogP contribution in [0.25, 0.3) is 0 Å². The van der Waals surface area contributed by atoms with Crippen LogP contribution in [0.3, 0.4) is 0 Å². The van der Waals surface area contributed by atoms with Crippen molar-refractivity contribution in [3.63, 3.8) is 0 Å². The van der Waals surface area contributed by atoms with Crippen LogP contribution in [0.5, 0.6) is 0 Å². The Bertz CT molecular complexity index is 395. The van der Waals surface area contributed by atoms with Gasteiger partial charge in [-0.2, -0.15) is 0 Å². The van der Waals surface area contributed by atoms with Crippen molar-refractivity contribution in [3.8, 4) is 0 Å². The molecule has 5 heteroatoms. The molecule has 0 aromatic carbocycles. The van der Waals surface area contributed by atoms with Crippen LogP contribution in [0.2, 0.25) is 0 Å². The summed E-state index contributed by atoms with van der Waals surface area (Å²) in [6.07, 6.45) is 0.396. The van der Waals surface area contributed by atoms with Gasteiger partial charge >= 0.3 is 0 Å². The zero-order valence-corrected chi connectivity index (χ0v) is 12.7. The Morgan fingerprint density at radius 2 is 2.17 bits per heavy atom. The SMILES string of the molecule is CNCCN(C)C(=O)Cc1csc(C(C)(C)C)n1. The third-order valence-corrected chi connectivity index (χ3v) is 3.97. The van der Waals surface area contributed by atoms with Gasteiger partial charge in [0.1, 0.15) is 0 Å². The molecule has 0 bridgehead atoms. The second-order valence-corrected chi connectivity index (χ2v) is 6.35. The molecule has 1 amide bonds. The summed E-state index contributed by atoms with van der Waals surface area (Å²) >= 11 is 1.63. The monoisotopic (exact) mass is 269 g/mol. The van der Waals surface area contributed by atoms with E-state index in [0.717, 1.165) is 23.8 Å². The Labute approximate surface area is 113 Å². The molecular formula is C13H23N3OS. The zero-order chi connectivity index (χ0) is 13.8. The molecule has 0 unspecified atom stereocenters. The lowest BCUT2D eigenvalue weighted by Crippen LogP contribution is -2.33. The van der Waals surface area contributed by atoms with Gasteiger partial charge in [-0.1, -0.05) is 20.8 Å². The normalized spacial score (nSPS) is 11.6. The first-order chi connectivity index (χ1) is 8.34. The van der Waals surface area contributed by atoms with Crippen molar-refractivity contribution in [1.29, 1.82) is 0 Å². The van der Waals surface area contributed by atoms with Crippen molar-refractivity contribution in [2.45, 2.75) is 32.6 Å². The maximum atomic E-state index is 11.9. The molecule has 0 saturated carbocycles. The van der Waals surface area contributed by atoms with Crippen molar-refractivity contribution in [1.82, 2.24) is 15.2 Å². The molecule has 0 saturated heterocycles. The van der Waals surface area contributed by atoms with Crippen LogP contribution in [0.1, 0.15) is 31.5 Å². The van der Waals surface area contributed by atoms with Crippen LogP contribution >= 0.6 is 11.3 Å².